The van der Waals surface area contributed by atoms with Crippen molar-refractivity contribution in [3.8, 4) is 0 Å². The van der Waals surface area contributed by atoms with Crippen molar-refractivity contribution >= 4 is 28.6 Å². The number of nitrogens with one attached hydrogen (secondary N) is 1. The van der Waals surface area contributed by atoms with Gasteiger partial charge in [-0.1, -0.05) is 12.1 Å². The van der Waals surface area contributed by atoms with Crippen molar-refractivity contribution in [2.75, 3.05) is 0 Å². The monoisotopic (exact) mass is 266 g/mol. The summed E-state index contributed by atoms with van der Waals surface area (Å²) >= 11 is 0. The van der Waals surface area contributed by atoms with E-state index in [1.54, 1.807) is 24.7 Å². The number of nitrogens with zero attached hydrogens (tertiary/aromatic N) is 3. The first-order valence-electron chi connectivity index (χ1n) is 5.94. The second-order valence-electron chi connectivity index (χ2n) is 4.21. The highest BCUT2D eigenvalue weighted by atomic mass is 16.6. The summed E-state index contributed by atoms with van der Waals surface area (Å²) < 4.78 is 0. The fourth-order valence-electron chi connectivity index (χ4n) is 1.87. The summed E-state index contributed by atoms with van der Waals surface area (Å²) in [5.74, 6) is 0. The molecule has 0 aliphatic carbocycles. The Hall–Kier alpha value is -3.02. The van der Waals surface area contributed by atoms with Gasteiger partial charge in [0.25, 0.3) is 5.69 Å². The molecule has 0 bridgehead atoms. The molecule has 0 saturated carbocycles. The molecular weight excluding hydrogens is 256 g/mol. The van der Waals surface area contributed by atoms with E-state index in [9.17, 15) is 10.1 Å². The van der Waals surface area contributed by atoms with E-state index in [4.69, 9.17) is 0 Å². The van der Waals surface area contributed by atoms with Gasteiger partial charge in [0.05, 0.1) is 28.0 Å². The van der Waals surface area contributed by atoms with Gasteiger partial charge in [0.1, 0.15) is 0 Å². The molecule has 3 rings (SSSR count). The number of rotatable bonds is 3. The zero-order valence-corrected chi connectivity index (χ0v) is 10.4. The molecule has 0 aliphatic rings. The maximum absolute atomic E-state index is 10.7. The molecular formula is C14H10N4O2. The number of imidazole rings is 1. The van der Waals surface area contributed by atoms with Gasteiger partial charge < -0.3 is 4.98 Å². The molecule has 2 aromatic carbocycles. The van der Waals surface area contributed by atoms with Crippen LogP contribution in [0.3, 0.4) is 0 Å². The minimum Gasteiger partial charge on any atom is -0.345 e. The van der Waals surface area contributed by atoms with Crippen molar-refractivity contribution in [3.63, 3.8) is 0 Å². The fourth-order valence-corrected chi connectivity index (χ4v) is 1.87. The SMILES string of the molecule is O=[N+]([O-])c1cccc(C=Nc2ccc3nc[nH]c3c2)c1. The van der Waals surface area contributed by atoms with Crippen LogP contribution in [0.25, 0.3) is 11.0 Å². The van der Waals surface area contributed by atoms with Crippen molar-refractivity contribution in [1.29, 1.82) is 0 Å². The third-order valence-electron chi connectivity index (χ3n) is 2.85. The van der Waals surface area contributed by atoms with E-state index in [0.29, 0.717) is 5.56 Å². The molecule has 0 fully saturated rings. The number of nitro groups is 1. The number of fused-ring (bicyclic) bond motifs is 1. The molecule has 3 aromatic rings. The predicted molar refractivity (Wildman–Crippen MR) is 76.4 cm³/mol. The Morgan fingerprint density at radius 3 is 3.00 bits per heavy atom. The molecule has 6 nitrogen and oxygen atoms in total. The van der Waals surface area contributed by atoms with Crippen LogP contribution in [0.5, 0.6) is 0 Å². The van der Waals surface area contributed by atoms with Crippen LogP contribution in [0, 0.1) is 10.1 Å². The van der Waals surface area contributed by atoms with Crippen LogP contribution in [0.15, 0.2) is 53.8 Å². The number of aromatic nitrogens is 2. The third kappa shape index (κ3) is 2.39. The third-order valence-corrected chi connectivity index (χ3v) is 2.85. The Morgan fingerprint density at radius 2 is 2.15 bits per heavy atom. The number of hydrogen-bond acceptors (Lipinski definition) is 4. The Balaban J connectivity index is 1.89. The van der Waals surface area contributed by atoms with Crippen LogP contribution in [-0.2, 0) is 0 Å². The first-order chi connectivity index (χ1) is 9.72. The number of aromatic amines is 1. The van der Waals surface area contributed by atoms with E-state index >= 15 is 0 Å². The van der Waals surface area contributed by atoms with E-state index < -0.39 is 4.92 Å². The quantitative estimate of drug-likeness (QED) is 0.448. The summed E-state index contributed by atoms with van der Waals surface area (Å²) in [4.78, 5) is 21.7. The van der Waals surface area contributed by atoms with Crippen LogP contribution >= 0.6 is 0 Å². The lowest BCUT2D eigenvalue weighted by atomic mass is 10.2. The molecule has 0 spiro atoms. The number of non-ortho nitro benzene ring substituents is 1. The standard InChI is InChI=1S/C14H10N4O2/c19-18(20)12-3-1-2-10(6-12)8-15-11-4-5-13-14(7-11)17-9-16-13/h1-9H,(H,16,17). The number of aliphatic imine (C=N–C) groups is 1. The van der Waals surface area contributed by atoms with E-state index in [-0.39, 0.29) is 5.69 Å². The topological polar surface area (TPSA) is 84.2 Å². The average Bonchev–Trinajstić information content (AvgIpc) is 2.93. The number of nitro benzene ring substituents is 1. The van der Waals surface area contributed by atoms with Crippen molar-refractivity contribution in [2.45, 2.75) is 0 Å². The van der Waals surface area contributed by atoms with E-state index in [0.717, 1.165) is 16.7 Å². The fraction of sp³-hybridized carbons (Fsp3) is 0. The Morgan fingerprint density at radius 1 is 1.25 bits per heavy atom. The Bertz CT molecular complexity index is 808. The lowest BCUT2D eigenvalue weighted by molar-refractivity contribution is -0.384. The lowest BCUT2D eigenvalue weighted by Gasteiger charge is -1.95. The Labute approximate surface area is 114 Å². The molecule has 1 heterocycles. The van der Waals surface area contributed by atoms with Crippen LogP contribution < -0.4 is 0 Å². The van der Waals surface area contributed by atoms with Gasteiger partial charge in [-0.2, -0.15) is 0 Å². The van der Waals surface area contributed by atoms with Crippen LogP contribution in [0.2, 0.25) is 0 Å². The predicted octanol–water partition coefficient (Wildman–Crippen LogP) is 3.22. The van der Waals surface area contributed by atoms with Crippen molar-refractivity contribution in [2.24, 2.45) is 4.99 Å². The summed E-state index contributed by atoms with van der Waals surface area (Å²) in [6, 6.07) is 11.9. The maximum atomic E-state index is 10.7. The molecule has 1 N–H and O–H groups in total. The average molecular weight is 266 g/mol. The van der Waals surface area contributed by atoms with Crippen LogP contribution in [0.4, 0.5) is 11.4 Å². The summed E-state index contributed by atoms with van der Waals surface area (Å²) in [7, 11) is 0. The summed E-state index contributed by atoms with van der Waals surface area (Å²) in [6.45, 7) is 0. The van der Waals surface area contributed by atoms with Gasteiger partial charge in [0, 0.05) is 18.3 Å². The molecule has 20 heavy (non-hydrogen) atoms. The van der Waals surface area contributed by atoms with Gasteiger partial charge in [-0.05, 0) is 23.8 Å². The van der Waals surface area contributed by atoms with E-state index in [2.05, 4.69) is 15.0 Å². The van der Waals surface area contributed by atoms with Crippen LogP contribution in [-0.4, -0.2) is 21.1 Å². The van der Waals surface area contributed by atoms with Gasteiger partial charge in [0.15, 0.2) is 0 Å². The van der Waals surface area contributed by atoms with Crippen molar-refractivity contribution in [3.05, 3.63) is 64.5 Å². The number of hydrogen-bond donors (Lipinski definition) is 1. The summed E-state index contributed by atoms with van der Waals surface area (Å²) in [5.41, 5.74) is 3.27. The minimum atomic E-state index is -0.423. The second kappa shape index (κ2) is 4.93. The molecule has 98 valence electrons. The Kier molecular flexibility index (Phi) is 2.96. The zero-order chi connectivity index (χ0) is 13.9. The highest BCUT2D eigenvalue weighted by Crippen LogP contribution is 2.19. The second-order valence-corrected chi connectivity index (χ2v) is 4.21. The highest BCUT2D eigenvalue weighted by Gasteiger charge is 2.04. The number of benzene rings is 2. The first kappa shape index (κ1) is 12.0. The molecule has 6 heteroatoms. The van der Waals surface area contributed by atoms with Gasteiger partial charge in [0.2, 0.25) is 0 Å². The summed E-state index contributed by atoms with van der Waals surface area (Å²) in [6.07, 6.45) is 3.23. The van der Waals surface area contributed by atoms with E-state index in [1.165, 1.54) is 12.1 Å². The van der Waals surface area contributed by atoms with Crippen molar-refractivity contribution < 1.29 is 4.92 Å². The minimum absolute atomic E-state index is 0.0537. The summed E-state index contributed by atoms with van der Waals surface area (Å²) in [5, 5.41) is 10.7. The largest absolute Gasteiger partial charge is 0.345 e. The molecule has 0 atom stereocenters. The van der Waals surface area contributed by atoms with Gasteiger partial charge in [-0.15, -0.1) is 0 Å². The first-order valence-corrected chi connectivity index (χ1v) is 5.94. The molecule has 0 saturated heterocycles. The normalized spacial score (nSPS) is 11.2. The molecule has 0 radical (unpaired) electrons. The molecule has 0 unspecified atom stereocenters. The molecule has 1 aromatic heterocycles. The smallest absolute Gasteiger partial charge is 0.270 e. The van der Waals surface area contributed by atoms with Crippen molar-refractivity contribution in [1.82, 2.24) is 9.97 Å². The van der Waals surface area contributed by atoms with Gasteiger partial charge in [-0.3, -0.25) is 15.1 Å². The lowest BCUT2D eigenvalue weighted by Crippen LogP contribution is -1.89. The van der Waals surface area contributed by atoms with Crippen LogP contribution in [0.1, 0.15) is 5.56 Å². The molecule has 0 amide bonds. The number of H-pyrrole nitrogens is 1. The van der Waals surface area contributed by atoms with Gasteiger partial charge >= 0.3 is 0 Å². The highest BCUT2D eigenvalue weighted by molar-refractivity contribution is 5.85. The maximum Gasteiger partial charge on any atom is 0.270 e. The van der Waals surface area contributed by atoms with E-state index in [1.807, 2.05) is 18.2 Å². The van der Waals surface area contributed by atoms with Gasteiger partial charge in [-0.25, -0.2) is 4.98 Å². The molecule has 0 aliphatic heterocycles. The zero-order valence-electron chi connectivity index (χ0n) is 10.4.